The Hall–Kier alpha value is -2.47. The SMILES string of the molecule is FC(F)Cn1ccc2c(OC3CCN(Cc4cccnc4)CC3)cccc21. The number of fused-ring (bicyclic) bond motifs is 1. The predicted molar refractivity (Wildman–Crippen MR) is 101 cm³/mol. The summed E-state index contributed by atoms with van der Waals surface area (Å²) in [6.07, 6.45) is 5.10. The first-order chi connectivity index (χ1) is 13.2. The maximum Gasteiger partial charge on any atom is 0.256 e. The molecule has 0 N–H and O–H groups in total. The standard InChI is InChI=1S/C21H23F2N3O/c22-21(23)15-26-12-8-18-19(26)4-1-5-20(18)27-17-6-10-25(11-7-17)14-16-3-2-9-24-13-16/h1-5,8-9,12-13,17,21H,6-7,10-11,14-15H2. The molecule has 4 nitrogen and oxygen atoms in total. The van der Waals surface area contributed by atoms with E-state index in [-0.39, 0.29) is 12.6 Å². The molecule has 0 radical (unpaired) electrons. The fourth-order valence-corrected chi connectivity index (χ4v) is 3.72. The van der Waals surface area contributed by atoms with Gasteiger partial charge in [0, 0.05) is 43.6 Å². The molecule has 4 rings (SSSR count). The Bertz CT molecular complexity index is 874. The van der Waals surface area contributed by atoms with Gasteiger partial charge in [0.2, 0.25) is 0 Å². The molecule has 0 unspecified atom stereocenters. The minimum Gasteiger partial charge on any atom is -0.490 e. The number of hydrogen-bond acceptors (Lipinski definition) is 3. The van der Waals surface area contributed by atoms with Crippen molar-refractivity contribution < 1.29 is 13.5 Å². The highest BCUT2D eigenvalue weighted by atomic mass is 19.3. The number of halogens is 2. The fourth-order valence-electron chi connectivity index (χ4n) is 3.72. The zero-order valence-corrected chi connectivity index (χ0v) is 15.1. The van der Waals surface area contributed by atoms with Gasteiger partial charge in [0.1, 0.15) is 11.9 Å². The lowest BCUT2D eigenvalue weighted by Gasteiger charge is -2.32. The molecule has 0 aliphatic carbocycles. The van der Waals surface area contributed by atoms with Crippen molar-refractivity contribution in [2.45, 2.75) is 38.5 Å². The van der Waals surface area contributed by atoms with E-state index in [1.807, 2.05) is 36.5 Å². The van der Waals surface area contributed by atoms with Gasteiger partial charge in [-0.2, -0.15) is 0 Å². The molecule has 1 fully saturated rings. The molecule has 0 saturated carbocycles. The van der Waals surface area contributed by atoms with E-state index in [2.05, 4.69) is 16.0 Å². The largest absolute Gasteiger partial charge is 0.490 e. The molecule has 1 saturated heterocycles. The number of pyridine rings is 1. The lowest BCUT2D eigenvalue weighted by Crippen LogP contribution is -2.37. The Balaban J connectivity index is 1.38. The lowest BCUT2D eigenvalue weighted by molar-refractivity contribution is 0.0979. The van der Waals surface area contributed by atoms with Gasteiger partial charge >= 0.3 is 0 Å². The van der Waals surface area contributed by atoms with E-state index in [0.717, 1.165) is 49.1 Å². The van der Waals surface area contributed by atoms with Crippen molar-refractivity contribution in [1.29, 1.82) is 0 Å². The molecule has 6 heteroatoms. The molecular formula is C21H23F2N3O. The summed E-state index contributed by atoms with van der Waals surface area (Å²) in [7, 11) is 0. The maximum absolute atomic E-state index is 12.7. The summed E-state index contributed by atoms with van der Waals surface area (Å²) in [6.45, 7) is 2.57. The quantitative estimate of drug-likeness (QED) is 0.646. The topological polar surface area (TPSA) is 30.3 Å². The first-order valence-electron chi connectivity index (χ1n) is 9.33. The van der Waals surface area contributed by atoms with E-state index in [0.29, 0.717) is 0 Å². The molecule has 1 aliphatic rings. The molecule has 0 bridgehead atoms. The van der Waals surface area contributed by atoms with Gasteiger partial charge in [-0.05, 0) is 42.7 Å². The van der Waals surface area contributed by atoms with Crippen LogP contribution in [0, 0.1) is 0 Å². The smallest absolute Gasteiger partial charge is 0.256 e. The number of aromatic nitrogens is 2. The third-order valence-corrected chi connectivity index (χ3v) is 5.07. The molecule has 1 aliphatic heterocycles. The average Bonchev–Trinajstić information content (AvgIpc) is 3.08. The van der Waals surface area contributed by atoms with E-state index in [9.17, 15) is 8.78 Å². The number of rotatable bonds is 6. The first kappa shape index (κ1) is 17.9. The summed E-state index contributed by atoms with van der Waals surface area (Å²) in [5, 5.41) is 0.899. The van der Waals surface area contributed by atoms with Crippen LogP contribution >= 0.6 is 0 Å². The number of hydrogen-bond donors (Lipinski definition) is 0. The second-order valence-electron chi connectivity index (χ2n) is 7.00. The zero-order chi connectivity index (χ0) is 18.6. The van der Waals surface area contributed by atoms with Gasteiger partial charge in [-0.1, -0.05) is 12.1 Å². The van der Waals surface area contributed by atoms with Gasteiger partial charge in [-0.15, -0.1) is 0 Å². The maximum atomic E-state index is 12.7. The van der Waals surface area contributed by atoms with Crippen LogP contribution in [0.2, 0.25) is 0 Å². The van der Waals surface area contributed by atoms with Crippen LogP contribution in [0.5, 0.6) is 5.75 Å². The third kappa shape index (κ3) is 4.27. The molecule has 0 amide bonds. The van der Waals surface area contributed by atoms with Crippen molar-refractivity contribution in [3.63, 3.8) is 0 Å². The molecule has 0 spiro atoms. The number of piperidine rings is 1. The zero-order valence-electron chi connectivity index (χ0n) is 15.1. The van der Waals surface area contributed by atoms with E-state index >= 15 is 0 Å². The normalized spacial score (nSPS) is 16.3. The Labute approximate surface area is 157 Å². The van der Waals surface area contributed by atoms with E-state index < -0.39 is 6.43 Å². The van der Waals surface area contributed by atoms with Gasteiger partial charge in [0.25, 0.3) is 6.43 Å². The number of benzene rings is 1. The second-order valence-corrected chi connectivity index (χ2v) is 7.00. The Morgan fingerprint density at radius 1 is 1.11 bits per heavy atom. The summed E-state index contributed by atoms with van der Waals surface area (Å²) >= 11 is 0. The van der Waals surface area contributed by atoms with Crippen LogP contribution in [-0.2, 0) is 13.1 Å². The molecule has 1 aromatic carbocycles. The van der Waals surface area contributed by atoms with Crippen LogP contribution in [0.1, 0.15) is 18.4 Å². The van der Waals surface area contributed by atoms with Crippen molar-refractivity contribution >= 4 is 10.9 Å². The third-order valence-electron chi connectivity index (χ3n) is 5.07. The summed E-state index contributed by atoms with van der Waals surface area (Å²) in [5.41, 5.74) is 2.02. The number of nitrogens with zero attached hydrogens (tertiary/aromatic N) is 3. The average molecular weight is 371 g/mol. The van der Waals surface area contributed by atoms with Gasteiger partial charge in [0.05, 0.1) is 12.1 Å². The monoisotopic (exact) mass is 371 g/mol. The van der Waals surface area contributed by atoms with Gasteiger partial charge in [-0.3, -0.25) is 9.88 Å². The van der Waals surface area contributed by atoms with Crippen molar-refractivity contribution in [1.82, 2.24) is 14.5 Å². The number of ether oxygens (including phenoxy) is 1. The molecule has 3 aromatic rings. The van der Waals surface area contributed by atoms with Gasteiger partial charge in [0.15, 0.2) is 0 Å². The second kappa shape index (κ2) is 8.05. The summed E-state index contributed by atoms with van der Waals surface area (Å²) in [4.78, 5) is 6.58. The Morgan fingerprint density at radius 3 is 2.70 bits per heavy atom. The summed E-state index contributed by atoms with van der Waals surface area (Å²) in [6, 6.07) is 11.6. The Kier molecular flexibility index (Phi) is 5.34. The molecule has 0 atom stereocenters. The van der Waals surface area contributed by atoms with Crippen LogP contribution < -0.4 is 4.74 Å². The van der Waals surface area contributed by atoms with Crippen LogP contribution in [0.4, 0.5) is 8.78 Å². The minimum atomic E-state index is -2.37. The van der Waals surface area contributed by atoms with E-state index in [1.165, 1.54) is 5.56 Å². The van der Waals surface area contributed by atoms with E-state index in [1.54, 1.807) is 17.0 Å². The molecular weight excluding hydrogens is 348 g/mol. The van der Waals surface area contributed by atoms with Crippen LogP contribution in [0.3, 0.4) is 0 Å². The first-order valence-corrected chi connectivity index (χ1v) is 9.33. The van der Waals surface area contributed by atoms with Gasteiger partial charge in [-0.25, -0.2) is 8.78 Å². The summed E-state index contributed by atoms with van der Waals surface area (Å²) < 4.78 is 33.3. The van der Waals surface area contributed by atoms with Crippen LogP contribution in [0.25, 0.3) is 10.9 Å². The highest BCUT2D eigenvalue weighted by Gasteiger charge is 2.21. The predicted octanol–water partition coefficient (Wildman–Crippen LogP) is 4.34. The van der Waals surface area contributed by atoms with Crippen LogP contribution in [-0.4, -0.2) is 40.1 Å². The lowest BCUT2D eigenvalue weighted by atomic mass is 10.1. The highest BCUT2D eigenvalue weighted by molar-refractivity contribution is 5.86. The highest BCUT2D eigenvalue weighted by Crippen LogP contribution is 2.29. The molecule has 27 heavy (non-hydrogen) atoms. The molecule has 3 heterocycles. The van der Waals surface area contributed by atoms with Crippen molar-refractivity contribution in [2.75, 3.05) is 13.1 Å². The summed E-state index contributed by atoms with van der Waals surface area (Å²) in [5.74, 6) is 0.784. The molecule has 142 valence electrons. The van der Waals surface area contributed by atoms with Crippen LogP contribution in [0.15, 0.2) is 55.0 Å². The molecule has 2 aromatic heterocycles. The van der Waals surface area contributed by atoms with E-state index in [4.69, 9.17) is 4.74 Å². The minimum absolute atomic E-state index is 0.152. The number of alkyl halides is 2. The Morgan fingerprint density at radius 2 is 1.96 bits per heavy atom. The number of likely N-dealkylation sites (tertiary alicyclic amines) is 1. The van der Waals surface area contributed by atoms with Crippen molar-refractivity contribution in [2.24, 2.45) is 0 Å². The fraction of sp³-hybridized carbons (Fsp3) is 0.381. The van der Waals surface area contributed by atoms with Crippen molar-refractivity contribution in [3.8, 4) is 5.75 Å². The van der Waals surface area contributed by atoms with Gasteiger partial charge < -0.3 is 9.30 Å². The van der Waals surface area contributed by atoms with Crippen molar-refractivity contribution in [3.05, 3.63) is 60.6 Å².